The Labute approximate surface area is 88.7 Å². The normalized spacial score (nSPS) is 9.58. The van der Waals surface area contributed by atoms with E-state index in [0.717, 1.165) is 0 Å². The molecule has 0 aromatic heterocycles. The molecule has 0 spiro atoms. The van der Waals surface area contributed by atoms with Gasteiger partial charge in [0.2, 0.25) is 0 Å². The monoisotopic (exact) mass is 172 g/mol. The minimum absolute atomic E-state index is 0. The van der Waals surface area contributed by atoms with Gasteiger partial charge in [-0.2, -0.15) is 30.3 Å². The van der Waals surface area contributed by atoms with E-state index in [-0.39, 0.29) is 26.8 Å². The maximum Gasteiger partial charge on any atom is 1.00 e. The van der Waals surface area contributed by atoms with E-state index >= 15 is 0 Å². The van der Waals surface area contributed by atoms with Crippen molar-refractivity contribution in [3.63, 3.8) is 0 Å². The van der Waals surface area contributed by atoms with Gasteiger partial charge in [0.25, 0.3) is 0 Å². The Kier molecular flexibility index (Phi) is 6.87. The molecule has 0 saturated heterocycles. The molecule has 0 fully saturated rings. The Hall–Kier alpha value is 0.247. The number of rotatable bonds is 3. The molecule has 0 N–H and O–H groups in total. The molecule has 0 saturated carbocycles. The summed E-state index contributed by atoms with van der Waals surface area (Å²) in [5.41, 5.74) is 0. The molecule has 0 radical (unpaired) electrons. The Morgan fingerprint density at radius 3 is 2.33 bits per heavy atom. The molecule has 1 rings (SSSR count). The molecule has 12 heavy (non-hydrogen) atoms. The standard InChI is InChI=1S/C10H14P.Li/c1-3-11(4-2)10-8-6-5-7-9-10;/h5-8H,3-4H2,1-2H3;/q-1;+1. The maximum atomic E-state index is 3.30. The molecule has 0 aliphatic rings. The quantitative estimate of drug-likeness (QED) is 0.332. The Bertz CT molecular complexity index is 194. The fourth-order valence-corrected chi connectivity index (χ4v) is 2.83. The summed E-state index contributed by atoms with van der Waals surface area (Å²) in [4.78, 5) is 0. The van der Waals surface area contributed by atoms with Crippen molar-refractivity contribution in [2.45, 2.75) is 13.8 Å². The Balaban J connectivity index is 0.00000121. The van der Waals surface area contributed by atoms with Gasteiger partial charge in [-0.05, 0) is 12.3 Å². The summed E-state index contributed by atoms with van der Waals surface area (Å²) >= 11 is 0. The first-order valence-corrected chi connectivity index (χ1v) is 5.81. The second kappa shape index (κ2) is 6.73. The van der Waals surface area contributed by atoms with Crippen LogP contribution in [0.4, 0.5) is 0 Å². The van der Waals surface area contributed by atoms with E-state index in [9.17, 15) is 0 Å². The first-order chi connectivity index (χ1) is 5.38. The molecule has 0 unspecified atom stereocenters. The smallest absolute Gasteiger partial charge is 0.176 e. The van der Waals surface area contributed by atoms with Gasteiger partial charge < -0.3 is 0 Å². The van der Waals surface area contributed by atoms with Crippen molar-refractivity contribution < 1.29 is 18.9 Å². The molecule has 0 bridgehead atoms. The van der Waals surface area contributed by atoms with E-state index in [1.54, 1.807) is 0 Å². The van der Waals surface area contributed by atoms with Crippen molar-refractivity contribution >= 4 is 13.2 Å². The van der Waals surface area contributed by atoms with Gasteiger partial charge in [-0.15, -0.1) is 13.2 Å². The summed E-state index contributed by atoms with van der Waals surface area (Å²) in [5.74, 6) is 0. The summed E-state index contributed by atoms with van der Waals surface area (Å²) in [6.07, 6.45) is 2.57. The van der Waals surface area contributed by atoms with E-state index in [1.165, 1.54) is 17.6 Å². The summed E-state index contributed by atoms with van der Waals surface area (Å²) in [6, 6.07) is 11.6. The van der Waals surface area contributed by atoms with Crippen LogP contribution >= 0.6 is 7.92 Å². The average Bonchev–Trinajstić information content (AvgIpc) is 2.09. The minimum Gasteiger partial charge on any atom is -0.176 e. The van der Waals surface area contributed by atoms with E-state index in [2.05, 4.69) is 32.0 Å². The third-order valence-electron chi connectivity index (χ3n) is 1.80. The largest absolute Gasteiger partial charge is 1.00 e. The third-order valence-corrected chi connectivity index (χ3v) is 4.28. The van der Waals surface area contributed by atoms with Gasteiger partial charge in [-0.3, -0.25) is 0 Å². The van der Waals surface area contributed by atoms with Crippen LogP contribution in [0.2, 0.25) is 0 Å². The van der Waals surface area contributed by atoms with Gasteiger partial charge in [0.05, 0.1) is 0 Å². The maximum absolute atomic E-state index is 3.30. The second-order valence-corrected chi connectivity index (χ2v) is 5.25. The zero-order valence-corrected chi connectivity index (χ0v) is 9.07. The molecule has 0 atom stereocenters. The van der Waals surface area contributed by atoms with Crippen molar-refractivity contribution in [1.29, 1.82) is 0 Å². The van der Waals surface area contributed by atoms with Crippen LogP contribution in [0.5, 0.6) is 0 Å². The first kappa shape index (κ1) is 12.2. The van der Waals surface area contributed by atoms with Crippen LogP contribution in [0.25, 0.3) is 0 Å². The van der Waals surface area contributed by atoms with Gasteiger partial charge >= 0.3 is 18.9 Å². The van der Waals surface area contributed by atoms with Crippen LogP contribution in [0.3, 0.4) is 0 Å². The van der Waals surface area contributed by atoms with Gasteiger partial charge in [-0.1, -0.05) is 13.8 Å². The van der Waals surface area contributed by atoms with E-state index < -0.39 is 0 Å². The first-order valence-electron chi connectivity index (χ1n) is 4.10. The van der Waals surface area contributed by atoms with Crippen molar-refractivity contribution in [3.8, 4) is 0 Å². The predicted octanol–water partition coefficient (Wildman–Crippen LogP) is -0.362. The van der Waals surface area contributed by atoms with Crippen LogP contribution in [-0.4, -0.2) is 12.3 Å². The van der Waals surface area contributed by atoms with E-state index in [1.807, 2.05) is 12.1 Å². The van der Waals surface area contributed by atoms with Crippen LogP contribution < -0.4 is 24.2 Å². The van der Waals surface area contributed by atoms with Crippen LogP contribution in [0.1, 0.15) is 13.8 Å². The Morgan fingerprint density at radius 1 is 1.25 bits per heavy atom. The molecular formula is C10H14LiP. The van der Waals surface area contributed by atoms with Crippen molar-refractivity contribution in [3.05, 3.63) is 30.3 Å². The van der Waals surface area contributed by atoms with E-state index in [4.69, 9.17) is 0 Å². The van der Waals surface area contributed by atoms with Crippen molar-refractivity contribution in [2.24, 2.45) is 0 Å². The molecule has 1 aromatic rings. The average molecular weight is 172 g/mol. The van der Waals surface area contributed by atoms with Crippen LogP contribution in [0, 0.1) is 6.07 Å². The summed E-state index contributed by atoms with van der Waals surface area (Å²) in [7, 11) is 0.0931. The molecule has 2 heteroatoms. The second-order valence-electron chi connectivity index (χ2n) is 2.42. The number of hydrogen-bond acceptors (Lipinski definition) is 0. The van der Waals surface area contributed by atoms with Crippen molar-refractivity contribution in [1.82, 2.24) is 0 Å². The molecule has 0 heterocycles. The SMILES string of the molecule is CCP(CC)c1[c-]cccc1.[Li+]. The number of hydrogen-bond donors (Lipinski definition) is 0. The zero-order chi connectivity index (χ0) is 8.10. The van der Waals surface area contributed by atoms with Gasteiger partial charge in [0, 0.05) is 0 Å². The van der Waals surface area contributed by atoms with Gasteiger partial charge in [0.1, 0.15) is 0 Å². The summed E-state index contributed by atoms with van der Waals surface area (Å²) < 4.78 is 0. The molecule has 0 nitrogen and oxygen atoms in total. The summed E-state index contributed by atoms with van der Waals surface area (Å²) in [5, 5.41) is 1.42. The molecule has 1 aromatic carbocycles. The summed E-state index contributed by atoms with van der Waals surface area (Å²) in [6.45, 7) is 4.52. The Morgan fingerprint density at radius 2 is 1.92 bits per heavy atom. The van der Waals surface area contributed by atoms with E-state index in [0.29, 0.717) is 0 Å². The van der Waals surface area contributed by atoms with Gasteiger partial charge in [0.15, 0.2) is 0 Å². The zero-order valence-electron chi connectivity index (χ0n) is 8.17. The van der Waals surface area contributed by atoms with Crippen molar-refractivity contribution in [2.75, 3.05) is 12.3 Å². The third kappa shape index (κ3) is 3.32. The molecular weight excluding hydrogens is 158 g/mol. The fourth-order valence-electron chi connectivity index (χ4n) is 1.14. The molecule has 0 amide bonds. The number of benzene rings is 1. The molecule has 0 aliphatic carbocycles. The van der Waals surface area contributed by atoms with Crippen LogP contribution in [-0.2, 0) is 0 Å². The predicted molar refractivity (Wildman–Crippen MR) is 52.9 cm³/mol. The minimum atomic E-state index is 0. The molecule has 0 aliphatic heterocycles. The topological polar surface area (TPSA) is 0 Å². The fraction of sp³-hybridized carbons (Fsp3) is 0.400. The van der Waals surface area contributed by atoms with Gasteiger partial charge in [-0.25, -0.2) is 0 Å². The van der Waals surface area contributed by atoms with Crippen LogP contribution in [0.15, 0.2) is 24.3 Å². The molecule has 60 valence electrons.